The van der Waals surface area contributed by atoms with Crippen molar-refractivity contribution in [3.8, 4) is 22.4 Å². The quantitative estimate of drug-likeness (QED) is 0.721. The van der Waals surface area contributed by atoms with Gasteiger partial charge in [-0.25, -0.2) is 0 Å². The summed E-state index contributed by atoms with van der Waals surface area (Å²) in [7, 11) is 0. The molecular formula is C14H13N3O. The number of nitrogens with zero attached hydrogens (tertiary/aromatic N) is 1. The highest BCUT2D eigenvalue weighted by Gasteiger charge is 2.15. The first-order valence-electron chi connectivity index (χ1n) is 5.69. The van der Waals surface area contributed by atoms with Crippen molar-refractivity contribution in [2.45, 2.75) is 6.92 Å². The van der Waals surface area contributed by atoms with E-state index in [0.717, 1.165) is 22.4 Å². The van der Waals surface area contributed by atoms with Gasteiger partial charge in [0.2, 0.25) is 0 Å². The molecule has 3 N–H and O–H groups in total. The Balaban J connectivity index is 2.20. The summed E-state index contributed by atoms with van der Waals surface area (Å²) < 4.78 is 5.10. The highest BCUT2D eigenvalue weighted by molar-refractivity contribution is 5.87. The van der Waals surface area contributed by atoms with E-state index in [9.17, 15) is 0 Å². The zero-order chi connectivity index (χ0) is 12.5. The number of H-pyrrole nitrogens is 1. The van der Waals surface area contributed by atoms with E-state index in [1.54, 1.807) is 12.5 Å². The van der Waals surface area contributed by atoms with Crippen molar-refractivity contribution in [2.24, 2.45) is 0 Å². The highest BCUT2D eigenvalue weighted by atomic mass is 16.3. The van der Waals surface area contributed by atoms with Gasteiger partial charge in [0.05, 0.1) is 23.8 Å². The molecule has 3 aromatic rings. The van der Waals surface area contributed by atoms with Crippen molar-refractivity contribution in [3.05, 3.63) is 48.4 Å². The predicted octanol–water partition coefficient (Wildman–Crippen LogP) is 3.23. The highest BCUT2D eigenvalue weighted by Crippen LogP contribution is 2.34. The van der Waals surface area contributed by atoms with Crippen molar-refractivity contribution in [2.75, 3.05) is 5.73 Å². The summed E-state index contributed by atoms with van der Waals surface area (Å²) in [5.74, 6) is 0.497. The zero-order valence-electron chi connectivity index (χ0n) is 9.97. The lowest BCUT2D eigenvalue weighted by atomic mass is 10.0. The van der Waals surface area contributed by atoms with E-state index in [2.05, 4.69) is 29.3 Å². The minimum Gasteiger partial charge on any atom is -0.472 e. The summed E-state index contributed by atoms with van der Waals surface area (Å²) in [4.78, 5) is 0. The van der Waals surface area contributed by atoms with Crippen LogP contribution in [0.15, 0.2) is 47.3 Å². The number of aryl methyl sites for hydroxylation is 1. The Bertz CT molecular complexity index is 668. The second-order valence-electron chi connectivity index (χ2n) is 4.24. The lowest BCUT2D eigenvalue weighted by Gasteiger charge is -2.03. The average molecular weight is 239 g/mol. The molecule has 0 aliphatic rings. The number of aromatic nitrogens is 2. The fourth-order valence-corrected chi connectivity index (χ4v) is 2.06. The number of rotatable bonds is 2. The summed E-state index contributed by atoms with van der Waals surface area (Å²) in [5, 5.41) is 7.05. The van der Waals surface area contributed by atoms with Crippen LogP contribution in [0.2, 0.25) is 0 Å². The number of hydrogen-bond donors (Lipinski definition) is 2. The van der Waals surface area contributed by atoms with Crippen LogP contribution in [0.5, 0.6) is 0 Å². The van der Waals surface area contributed by atoms with Crippen LogP contribution in [0.1, 0.15) is 5.56 Å². The maximum atomic E-state index is 5.96. The number of anilines is 1. The molecule has 1 aromatic carbocycles. The Morgan fingerprint density at radius 3 is 2.83 bits per heavy atom. The van der Waals surface area contributed by atoms with Gasteiger partial charge >= 0.3 is 0 Å². The third kappa shape index (κ3) is 1.68. The summed E-state index contributed by atoms with van der Waals surface area (Å²) in [5.41, 5.74) is 10.9. The van der Waals surface area contributed by atoms with Crippen LogP contribution in [-0.4, -0.2) is 10.2 Å². The smallest absolute Gasteiger partial charge is 0.153 e. The third-order valence-electron chi connectivity index (χ3n) is 2.91. The second kappa shape index (κ2) is 4.07. The molecule has 3 rings (SSSR count). The average Bonchev–Trinajstić information content (AvgIpc) is 2.97. The molecule has 0 aliphatic carbocycles. The number of nitrogens with two attached hydrogens (primary N) is 1. The molecule has 0 aliphatic heterocycles. The zero-order valence-corrected chi connectivity index (χ0v) is 9.97. The molecule has 4 heteroatoms. The normalized spacial score (nSPS) is 10.7. The van der Waals surface area contributed by atoms with Crippen molar-refractivity contribution < 1.29 is 4.42 Å². The maximum absolute atomic E-state index is 5.96. The number of nitrogens with one attached hydrogen (secondary N) is 1. The van der Waals surface area contributed by atoms with Crippen molar-refractivity contribution in [3.63, 3.8) is 0 Å². The molecule has 0 unspecified atom stereocenters. The van der Waals surface area contributed by atoms with E-state index < -0.39 is 0 Å². The van der Waals surface area contributed by atoms with Gasteiger partial charge in [-0.3, -0.25) is 5.10 Å². The Morgan fingerprint density at radius 1 is 1.22 bits per heavy atom. The molecule has 18 heavy (non-hydrogen) atoms. The third-order valence-corrected chi connectivity index (χ3v) is 2.91. The van der Waals surface area contributed by atoms with Crippen LogP contribution in [-0.2, 0) is 0 Å². The van der Waals surface area contributed by atoms with Gasteiger partial charge in [-0.05, 0) is 18.6 Å². The Kier molecular flexibility index (Phi) is 2.41. The monoisotopic (exact) mass is 239 g/mol. The van der Waals surface area contributed by atoms with Gasteiger partial charge in [-0.1, -0.05) is 29.8 Å². The van der Waals surface area contributed by atoms with Gasteiger partial charge < -0.3 is 10.2 Å². The van der Waals surface area contributed by atoms with Crippen LogP contribution in [0.25, 0.3) is 22.4 Å². The lowest BCUT2D eigenvalue weighted by Crippen LogP contribution is -1.88. The van der Waals surface area contributed by atoms with Gasteiger partial charge in [0.25, 0.3) is 0 Å². The minimum atomic E-state index is 0.497. The number of aromatic amines is 1. The van der Waals surface area contributed by atoms with Gasteiger partial charge in [0.15, 0.2) is 5.82 Å². The number of benzene rings is 1. The second-order valence-corrected chi connectivity index (χ2v) is 4.24. The molecule has 0 atom stereocenters. The number of furan rings is 1. The molecule has 0 bridgehead atoms. The molecule has 90 valence electrons. The standard InChI is InChI=1S/C14H13N3O/c1-9-3-2-4-10(7-9)12-13(16-17-14(12)15)11-5-6-18-8-11/h2-8H,1H3,(H3,15,16,17). The molecule has 0 amide bonds. The van der Waals surface area contributed by atoms with Gasteiger partial charge in [-0.15, -0.1) is 0 Å². The summed E-state index contributed by atoms with van der Waals surface area (Å²) in [6.07, 6.45) is 3.30. The molecule has 2 heterocycles. The van der Waals surface area contributed by atoms with E-state index in [0.29, 0.717) is 5.82 Å². The van der Waals surface area contributed by atoms with Crippen LogP contribution in [0, 0.1) is 6.92 Å². The van der Waals surface area contributed by atoms with Crippen molar-refractivity contribution in [1.29, 1.82) is 0 Å². The first-order chi connectivity index (χ1) is 8.75. The number of nitrogen functional groups attached to an aromatic ring is 1. The summed E-state index contributed by atoms with van der Waals surface area (Å²) in [6.45, 7) is 2.05. The van der Waals surface area contributed by atoms with Gasteiger partial charge in [0, 0.05) is 5.56 Å². The van der Waals surface area contributed by atoms with Crippen LogP contribution in [0.4, 0.5) is 5.82 Å². The first kappa shape index (κ1) is 10.7. The number of hydrogen-bond acceptors (Lipinski definition) is 3. The van der Waals surface area contributed by atoms with Crippen molar-refractivity contribution >= 4 is 5.82 Å². The van der Waals surface area contributed by atoms with E-state index in [4.69, 9.17) is 10.2 Å². The molecule has 4 nitrogen and oxygen atoms in total. The van der Waals surface area contributed by atoms with E-state index in [1.807, 2.05) is 18.2 Å². The van der Waals surface area contributed by atoms with Crippen molar-refractivity contribution in [1.82, 2.24) is 10.2 Å². The molecule has 0 radical (unpaired) electrons. The molecule has 0 saturated heterocycles. The topological polar surface area (TPSA) is 67.8 Å². The fraction of sp³-hybridized carbons (Fsp3) is 0.0714. The minimum absolute atomic E-state index is 0.497. The van der Waals surface area contributed by atoms with E-state index in [-0.39, 0.29) is 0 Å². The molecule has 0 fully saturated rings. The Hall–Kier alpha value is -2.49. The maximum Gasteiger partial charge on any atom is 0.153 e. The van der Waals surface area contributed by atoms with Gasteiger partial charge in [-0.2, -0.15) is 5.10 Å². The van der Waals surface area contributed by atoms with E-state index >= 15 is 0 Å². The fourth-order valence-electron chi connectivity index (χ4n) is 2.06. The summed E-state index contributed by atoms with van der Waals surface area (Å²) >= 11 is 0. The Labute approximate surface area is 104 Å². The van der Waals surface area contributed by atoms with E-state index in [1.165, 1.54) is 5.56 Å². The first-order valence-corrected chi connectivity index (χ1v) is 5.69. The van der Waals surface area contributed by atoms with Crippen LogP contribution >= 0.6 is 0 Å². The van der Waals surface area contributed by atoms with Crippen LogP contribution < -0.4 is 5.73 Å². The SMILES string of the molecule is Cc1cccc(-c2c(N)n[nH]c2-c2ccoc2)c1. The Morgan fingerprint density at radius 2 is 2.11 bits per heavy atom. The summed E-state index contributed by atoms with van der Waals surface area (Å²) in [6, 6.07) is 10.1. The van der Waals surface area contributed by atoms with Gasteiger partial charge in [0.1, 0.15) is 0 Å². The molecule has 2 aromatic heterocycles. The lowest BCUT2D eigenvalue weighted by molar-refractivity contribution is 0.568. The van der Waals surface area contributed by atoms with Crippen LogP contribution in [0.3, 0.4) is 0 Å². The molecule has 0 spiro atoms. The predicted molar refractivity (Wildman–Crippen MR) is 70.9 cm³/mol. The largest absolute Gasteiger partial charge is 0.472 e. The molecule has 0 saturated carbocycles. The molecular weight excluding hydrogens is 226 g/mol.